The van der Waals surface area contributed by atoms with Crippen LogP contribution in [0.2, 0.25) is 0 Å². The van der Waals surface area contributed by atoms with Crippen molar-refractivity contribution in [1.82, 2.24) is 0 Å². The Kier molecular flexibility index (Phi) is 4.00. The van der Waals surface area contributed by atoms with Gasteiger partial charge in [0.2, 0.25) is 0 Å². The van der Waals surface area contributed by atoms with Gasteiger partial charge >= 0.3 is 0 Å². The number of aliphatic hydroxyl groups excluding tert-OH is 1. The molecule has 1 saturated carbocycles. The normalized spacial score (nSPS) is 18.3. The van der Waals surface area contributed by atoms with Crippen molar-refractivity contribution in [2.24, 2.45) is 5.92 Å². The van der Waals surface area contributed by atoms with Crippen molar-refractivity contribution in [3.05, 3.63) is 29.6 Å². The van der Waals surface area contributed by atoms with E-state index in [9.17, 15) is 9.50 Å². The summed E-state index contributed by atoms with van der Waals surface area (Å²) in [5.41, 5.74) is 0.648. The van der Waals surface area contributed by atoms with E-state index in [1.54, 1.807) is 12.1 Å². The predicted molar refractivity (Wildman–Crippen MR) is 64.5 cm³/mol. The van der Waals surface area contributed by atoms with Gasteiger partial charge in [0.15, 0.2) is 11.6 Å². The van der Waals surface area contributed by atoms with Crippen LogP contribution in [0.1, 0.15) is 43.8 Å². The molecule has 0 amide bonds. The molecule has 2 rings (SSSR count). The van der Waals surface area contributed by atoms with Crippen molar-refractivity contribution in [3.8, 4) is 5.75 Å². The predicted octanol–water partition coefficient (Wildman–Crippen LogP) is 3.45. The maximum atomic E-state index is 13.5. The smallest absolute Gasteiger partial charge is 0.165 e. The molecule has 0 spiro atoms. The standard InChI is InChI=1S/C14H19FO2/c1-17-14-7-6-11(9-12(14)15)13(16)8-10-4-2-3-5-10/h6-7,9-10,13,16H,2-5,8H2,1H3. The highest BCUT2D eigenvalue weighted by Gasteiger charge is 2.20. The van der Waals surface area contributed by atoms with E-state index >= 15 is 0 Å². The Labute approximate surface area is 101 Å². The van der Waals surface area contributed by atoms with Crippen LogP contribution in [0.3, 0.4) is 0 Å². The summed E-state index contributed by atoms with van der Waals surface area (Å²) in [6.45, 7) is 0. The minimum Gasteiger partial charge on any atom is -0.494 e. The Hall–Kier alpha value is -1.09. The number of hydrogen-bond donors (Lipinski definition) is 1. The number of aliphatic hydroxyl groups is 1. The third-order valence-corrected chi connectivity index (χ3v) is 3.59. The van der Waals surface area contributed by atoms with Crippen molar-refractivity contribution in [2.75, 3.05) is 7.11 Å². The summed E-state index contributed by atoms with van der Waals surface area (Å²) in [4.78, 5) is 0. The Morgan fingerprint density at radius 2 is 2.12 bits per heavy atom. The van der Waals surface area contributed by atoms with Crippen LogP contribution >= 0.6 is 0 Å². The number of halogens is 1. The zero-order valence-corrected chi connectivity index (χ0v) is 10.2. The van der Waals surface area contributed by atoms with Crippen LogP contribution in [0.5, 0.6) is 5.75 Å². The largest absolute Gasteiger partial charge is 0.494 e. The van der Waals surface area contributed by atoms with Crippen LogP contribution in [-0.4, -0.2) is 12.2 Å². The van der Waals surface area contributed by atoms with Gasteiger partial charge in [0.1, 0.15) is 0 Å². The summed E-state index contributed by atoms with van der Waals surface area (Å²) in [7, 11) is 1.44. The third-order valence-electron chi connectivity index (χ3n) is 3.59. The lowest BCUT2D eigenvalue weighted by molar-refractivity contribution is 0.144. The number of methoxy groups -OCH3 is 1. The first kappa shape index (κ1) is 12.4. The minimum absolute atomic E-state index is 0.224. The molecule has 1 atom stereocenters. The van der Waals surface area contributed by atoms with Crippen molar-refractivity contribution in [1.29, 1.82) is 0 Å². The van der Waals surface area contributed by atoms with E-state index in [0.29, 0.717) is 11.5 Å². The van der Waals surface area contributed by atoms with Gasteiger partial charge in [0.25, 0.3) is 0 Å². The summed E-state index contributed by atoms with van der Waals surface area (Å²) in [5, 5.41) is 10.1. The van der Waals surface area contributed by atoms with E-state index in [0.717, 1.165) is 6.42 Å². The Bertz CT molecular complexity index is 372. The van der Waals surface area contributed by atoms with Crippen molar-refractivity contribution >= 4 is 0 Å². The van der Waals surface area contributed by atoms with Gasteiger partial charge in [0.05, 0.1) is 13.2 Å². The van der Waals surface area contributed by atoms with Crippen molar-refractivity contribution < 1.29 is 14.2 Å². The molecule has 3 heteroatoms. The topological polar surface area (TPSA) is 29.5 Å². The highest BCUT2D eigenvalue weighted by Crippen LogP contribution is 2.33. The van der Waals surface area contributed by atoms with Gasteiger partial charge in [-0.2, -0.15) is 0 Å². The summed E-state index contributed by atoms with van der Waals surface area (Å²) in [5.74, 6) is 0.410. The van der Waals surface area contributed by atoms with E-state index in [1.165, 1.54) is 38.9 Å². The summed E-state index contributed by atoms with van der Waals surface area (Å²) < 4.78 is 18.3. The van der Waals surface area contributed by atoms with Crippen LogP contribution in [-0.2, 0) is 0 Å². The lowest BCUT2D eigenvalue weighted by atomic mass is 9.95. The van der Waals surface area contributed by atoms with Crippen LogP contribution in [0, 0.1) is 11.7 Å². The first-order chi connectivity index (χ1) is 8.20. The first-order valence-electron chi connectivity index (χ1n) is 6.22. The quantitative estimate of drug-likeness (QED) is 0.870. The average molecular weight is 238 g/mol. The van der Waals surface area contributed by atoms with Crippen LogP contribution in [0.25, 0.3) is 0 Å². The molecule has 2 nitrogen and oxygen atoms in total. The third kappa shape index (κ3) is 2.97. The Morgan fingerprint density at radius 3 is 2.71 bits per heavy atom. The fourth-order valence-corrected chi connectivity index (χ4v) is 2.59. The Balaban J connectivity index is 2.02. The molecule has 1 fully saturated rings. The van der Waals surface area contributed by atoms with Gasteiger partial charge in [0, 0.05) is 0 Å². The molecule has 1 aromatic rings. The maximum absolute atomic E-state index is 13.5. The zero-order valence-electron chi connectivity index (χ0n) is 10.2. The molecule has 17 heavy (non-hydrogen) atoms. The number of benzene rings is 1. The fourth-order valence-electron chi connectivity index (χ4n) is 2.59. The highest BCUT2D eigenvalue weighted by atomic mass is 19.1. The Morgan fingerprint density at radius 1 is 1.41 bits per heavy atom. The summed E-state index contributed by atoms with van der Waals surface area (Å²) in [6, 6.07) is 4.68. The monoisotopic (exact) mass is 238 g/mol. The van der Waals surface area contributed by atoms with Crippen molar-refractivity contribution in [3.63, 3.8) is 0 Å². The lowest BCUT2D eigenvalue weighted by Crippen LogP contribution is -2.05. The molecule has 1 unspecified atom stereocenters. The van der Waals surface area contributed by atoms with Gasteiger partial charge in [-0.25, -0.2) is 4.39 Å². The zero-order chi connectivity index (χ0) is 12.3. The molecule has 0 saturated heterocycles. The van der Waals surface area contributed by atoms with E-state index in [4.69, 9.17) is 4.74 Å². The minimum atomic E-state index is -0.557. The van der Waals surface area contributed by atoms with E-state index < -0.39 is 11.9 Å². The summed E-state index contributed by atoms with van der Waals surface area (Å²) in [6.07, 6.45) is 5.08. The van der Waals surface area contributed by atoms with Gasteiger partial charge in [-0.1, -0.05) is 31.7 Å². The second-order valence-corrected chi connectivity index (χ2v) is 4.80. The first-order valence-corrected chi connectivity index (χ1v) is 6.22. The molecule has 0 aromatic heterocycles. The molecule has 0 radical (unpaired) electrons. The van der Waals surface area contributed by atoms with Gasteiger partial charge in [-0.05, 0) is 30.0 Å². The van der Waals surface area contributed by atoms with Crippen LogP contribution in [0.15, 0.2) is 18.2 Å². The summed E-state index contributed by atoms with van der Waals surface area (Å²) >= 11 is 0. The van der Waals surface area contributed by atoms with Crippen molar-refractivity contribution in [2.45, 2.75) is 38.2 Å². The molecule has 1 aliphatic rings. The molecular weight excluding hydrogens is 219 g/mol. The van der Waals surface area contributed by atoms with Gasteiger partial charge in [-0.3, -0.25) is 0 Å². The molecule has 0 heterocycles. The molecule has 0 aliphatic heterocycles. The van der Waals surface area contributed by atoms with Gasteiger partial charge < -0.3 is 9.84 Å². The number of ether oxygens (including phenoxy) is 1. The molecule has 94 valence electrons. The molecule has 1 aliphatic carbocycles. The average Bonchev–Trinajstić information content (AvgIpc) is 2.81. The van der Waals surface area contributed by atoms with Crippen LogP contribution < -0.4 is 4.74 Å². The molecule has 1 aromatic carbocycles. The number of rotatable bonds is 4. The van der Waals surface area contributed by atoms with Crippen LogP contribution in [0.4, 0.5) is 4.39 Å². The lowest BCUT2D eigenvalue weighted by Gasteiger charge is -2.16. The van der Waals surface area contributed by atoms with E-state index in [-0.39, 0.29) is 5.75 Å². The molecule has 0 bridgehead atoms. The van der Waals surface area contributed by atoms with Gasteiger partial charge in [-0.15, -0.1) is 0 Å². The fraction of sp³-hybridized carbons (Fsp3) is 0.571. The second-order valence-electron chi connectivity index (χ2n) is 4.80. The SMILES string of the molecule is COc1ccc(C(O)CC2CCCC2)cc1F. The second kappa shape index (κ2) is 5.50. The highest BCUT2D eigenvalue weighted by molar-refractivity contribution is 5.30. The van der Waals surface area contributed by atoms with E-state index in [2.05, 4.69) is 0 Å². The van der Waals surface area contributed by atoms with E-state index in [1.807, 2.05) is 0 Å². The maximum Gasteiger partial charge on any atom is 0.165 e. The molecule has 1 N–H and O–H groups in total. The number of hydrogen-bond acceptors (Lipinski definition) is 2. The molecular formula is C14H19FO2.